The molecule has 0 saturated carbocycles. The maximum Gasteiger partial charge on any atom is 0.158 e. The van der Waals surface area contributed by atoms with E-state index >= 15 is 0 Å². The molecule has 1 aromatic rings. The monoisotopic (exact) mass is 249 g/mol. The van der Waals surface area contributed by atoms with E-state index in [1.165, 1.54) is 11.1 Å². The molecule has 0 unspecified atom stereocenters. The molecule has 3 heteroatoms. The number of rotatable bonds is 5. The highest BCUT2D eigenvalue weighted by atomic mass is 16.7. The maximum atomic E-state index is 5.55. The third-order valence-electron chi connectivity index (χ3n) is 3.18. The lowest BCUT2D eigenvalue weighted by molar-refractivity contribution is -0.182. The standard InChI is InChI=1S/C15H23NO2/c1-13-5-3-6-14(11-13)12-16(2)8-7-15-17-9-4-10-18-15/h3,5-6,11,15H,4,7-10,12H2,1-2H3. The van der Waals surface area contributed by atoms with Crippen LogP contribution in [0.25, 0.3) is 0 Å². The van der Waals surface area contributed by atoms with Gasteiger partial charge in [-0.2, -0.15) is 0 Å². The van der Waals surface area contributed by atoms with E-state index in [9.17, 15) is 0 Å². The van der Waals surface area contributed by atoms with Crippen LogP contribution in [0.2, 0.25) is 0 Å². The molecule has 1 saturated heterocycles. The van der Waals surface area contributed by atoms with Gasteiger partial charge in [-0.25, -0.2) is 0 Å². The number of hydrogen-bond donors (Lipinski definition) is 0. The molecule has 1 heterocycles. The molecular formula is C15H23NO2. The van der Waals surface area contributed by atoms with E-state index in [2.05, 4.69) is 43.1 Å². The molecule has 18 heavy (non-hydrogen) atoms. The first-order chi connectivity index (χ1) is 8.74. The molecular weight excluding hydrogens is 226 g/mol. The van der Waals surface area contributed by atoms with Gasteiger partial charge in [-0.3, -0.25) is 0 Å². The number of benzene rings is 1. The predicted molar refractivity (Wildman–Crippen MR) is 72.4 cm³/mol. The summed E-state index contributed by atoms with van der Waals surface area (Å²) in [6.07, 6.45) is 1.97. The Morgan fingerprint density at radius 1 is 1.28 bits per heavy atom. The molecule has 1 aliphatic heterocycles. The van der Waals surface area contributed by atoms with Crippen LogP contribution in [-0.2, 0) is 16.0 Å². The zero-order valence-corrected chi connectivity index (χ0v) is 11.4. The van der Waals surface area contributed by atoms with Gasteiger partial charge in [0.1, 0.15) is 0 Å². The van der Waals surface area contributed by atoms with Gasteiger partial charge in [-0.05, 0) is 26.0 Å². The zero-order valence-electron chi connectivity index (χ0n) is 11.4. The first-order valence-corrected chi connectivity index (χ1v) is 6.71. The van der Waals surface area contributed by atoms with Crippen molar-refractivity contribution in [3.63, 3.8) is 0 Å². The summed E-state index contributed by atoms with van der Waals surface area (Å²) in [5.74, 6) is 0. The summed E-state index contributed by atoms with van der Waals surface area (Å²) in [5, 5.41) is 0. The maximum absolute atomic E-state index is 5.55. The van der Waals surface area contributed by atoms with Crippen molar-refractivity contribution in [3.05, 3.63) is 35.4 Å². The lowest BCUT2D eigenvalue weighted by Gasteiger charge is -2.25. The van der Waals surface area contributed by atoms with Crippen molar-refractivity contribution in [1.82, 2.24) is 4.90 Å². The highest BCUT2D eigenvalue weighted by molar-refractivity contribution is 5.21. The van der Waals surface area contributed by atoms with Crippen molar-refractivity contribution in [3.8, 4) is 0 Å². The molecule has 3 nitrogen and oxygen atoms in total. The summed E-state index contributed by atoms with van der Waals surface area (Å²) in [7, 11) is 2.14. The number of nitrogens with zero attached hydrogens (tertiary/aromatic N) is 1. The minimum atomic E-state index is -0.00119. The highest BCUT2D eigenvalue weighted by Gasteiger charge is 2.14. The van der Waals surface area contributed by atoms with Crippen LogP contribution in [0.15, 0.2) is 24.3 Å². The van der Waals surface area contributed by atoms with Gasteiger partial charge < -0.3 is 14.4 Å². The minimum Gasteiger partial charge on any atom is -0.353 e. The summed E-state index contributed by atoms with van der Waals surface area (Å²) in [5.41, 5.74) is 2.68. The number of aryl methyl sites for hydroxylation is 1. The Morgan fingerprint density at radius 3 is 2.78 bits per heavy atom. The Hall–Kier alpha value is -0.900. The van der Waals surface area contributed by atoms with Gasteiger partial charge in [-0.15, -0.1) is 0 Å². The molecule has 0 amide bonds. The van der Waals surface area contributed by atoms with Gasteiger partial charge in [0.25, 0.3) is 0 Å². The lowest BCUT2D eigenvalue weighted by atomic mass is 10.1. The Bertz CT molecular complexity index is 361. The molecule has 0 aromatic heterocycles. The first kappa shape index (κ1) is 13.5. The summed E-state index contributed by atoms with van der Waals surface area (Å²) in [6.45, 7) is 5.79. The normalized spacial score (nSPS) is 17.3. The van der Waals surface area contributed by atoms with Crippen LogP contribution in [0.1, 0.15) is 24.0 Å². The second-order valence-electron chi connectivity index (χ2n) is 5.04. The van der Waals surface area contributed by atoms with Crippen molar-refractivity contribution in [2.75, 3.05) is 26.8 Å². The second-order valence-corrected chi connectivity index (χ2v) is 5.04. The van der Waals surface area contributed by atoms with Crippen LogP contribution >= 0.6 is 0 Å². The van der Waals surface area contributed by atoms with Crippen molar-refractivity contribution in [1.29, 1.82) is 0 Å². The Balaban J connectivity index is 1.72. The van der Waals surface area contributed by atoms with Gasteiger partial charge in [-0.1, -0.05) is 29.8 Å². The van der Waals surface area contributed by atoms with Crippen LogP contribution in [0, 0.1) is 6.92 Å². The van der Waals surface area contributed by atoms with Gasteiger partial charge in [0, 0.05) is 19.5 Å². The smallest absolute Gasteiger partial charge is 0.158 e. The van der Waals surface area contributed by atoms with E-state index in [0.29, 0.717) is 0 Å². The Kier molecular flexibility index (Phi) is 5.17. The van der Waals surface area contributed by atoms with E-state index < -0.39 is 0 Å². The number of ether oxygens (including phenoxy) is 2. The molecule has 1 aliphatic rings. The largest absolute Gasteiger partial charge is 0.353 e. The fourth-order valence-electron chi connectivity index (χ4n) is 2.23. The molecule has 2 rings (SSSR count). The quantitative estimate of drug-likeness (QED) is 0.800. The van der Waals surface area contributed by atoms with Crippen molar-refractivity contribution in [2.45, 2.75) is 32.6 Å². The Morgan fingerprint density at radius 2 is 2.06 bits per heavy atom. The lowest BCUT2D eigenvalue weighted by Crippen LogP contribution is -2.29. The average molecular weight is 249 g/mol. The fraction of sp³-hybridized carbons (Fsp3) is 0.600. The summed E-state index contributed by atoms with van der Waals surface area (Å²) >= 11 is 0. The van der Waals surface area contributed by atoms with Gasteiger partial charge in [0.05, 0.1) is 13.2 Å². The second kappa shape index (κ2) is 6.88. The zero-order chi connectivity index (χ0) is 12.8. The van der Waals surface area contributed by atoms with Crippen molar-refractivity contribution in [2.24, 2.45) is 0 Å². The van der Waals surface area contributed by atoms with E-state index in [1.807, 2.05) is 0 Å². The third kappa shape index (κ3) is 4.41. The summed E-state index contributed by atoms with van der Waals surface area (Å²) < 4.78 is 11.1. The molecule has 100 valence electrons. The molecule has 0 bridgehead atoms. The van der Waals surface area contributed by atoms with Gasteiger partial charge >= 0.3 is 0 Å². The van der Waals surface area contributed by atoms with Crippen molar-refractivity contribution < 1.29 is 9.47 Å². The van der Waals surface area contributed by atoms with Crippen LogP contribution in [0.5, 0.6) is 0 Å². The van der Waals surface area contributed by atoms with E-state index in [4.69, 9.17) is 9.47 Å². The predicted octanol–water partition coefficient (Wildman–Crippen LogP) is 2.58. The van der Waals surface area contributed by atoms with Crippen LogP contribution in [0.4, 0.5) is 0 Å². The Labute approximate surface area is 110 Å². The number of hydrogen-bond acceptors (Lipinski definition) is 3. The van der Waals surface area contributed by atoms with Crippen LogP contribution < -0.4 is 0 Å². The minimum absolute atomic E-state index is 0.00119. The SMILES string of the molecule is Cc1cccc(CN(C)CCC2OCCCO2)c1. The molecule has 0 aliphatic carbocycles. The third-order valence-corrected chi connectivity index (χ3v) is 3.18. The van der Waals surface area contributed by atoms with E-state index in [1.54, 1.807) is 0 Å². The topological polar surface area (TPSA) is 21.7 Å². The molecule has 0 radical (unpaired) electrons. The molecule has 1 aromatic carbocycles. The first-order valence-electron chi connectivity index (χ1n) is 6.71. The summed E-state index contributed by atoms with van der Waals surface area (Å²) in [4.78, 5) is 2.32. The van der Waals surface area contributed by atoms with E-state index in [-0.39, 0.29) is 6.29 Å². The molecule has 0 spiro atoms. The molecule has 0 atom stereocenters. The average Bonchev–Trinajstić information content (AvgIpc) is 2.38. The van der Waals surface area contributed by atoms with Gasteiger partial charge in [0.15, 0.2) is 6.29 Å². The highest BCUT2D eigenvalue weighted by Crippen LogP contribution is 2.11. The summed E-state index contributed by atoms with van der Waals surface area (Å²) in [6, 6.07) is 8.67. The molecule has 1 fully saturated rings. The van der Waals surface area contributed by atoms with E-state index in [0.717, 1.165) is 39.1 Å². The van der Waals surface area contributed by atoms with Crippen LogP contribution in [0.3, 0.4) is 0 Å². The van der Waals surface area contributed by atoms with Crippen molar-refractivity contribution >= 4 is 0 Å². The molecule has 0 N–H and O–H groups in total. The fourth-order valence-corrected chi connectivity index (χ4v) is 2.23. The van der Waals surface area contributed by atoms with Gasteiger partial charge in [0.2, 0.25) is 0 Å². The van der Waals surface area contributed by atoms with Crippen LogP contribution in [-0.4, -0.2) is 38.0 Å².